The molecule has 6 rings (SSSR count). The molecule has 8 heteroatoms. The van der Waals surface area contributed by atoms with E-state index in [1.807, 2.05) is 48.5 Å². The number of nitrogens with one attached hydrogen (secondary N) is 2. The maximum absolute atomic E-state index is 13.4. The van der Waals surface area contributed by atoms with E-state index in [4.69, 9.17) is 4.98 Å². The van der Waals surface area contributed by atoms with Crippen molar-refractivity contribution in [2.45, 2.75) is 37.1 Å². The number of hydrogen-bond acceptors (Lipinski definition) is 4. The van der Waals surface area contributed by atoms with Crippen molar-refractivity contribution in [2.75, 3.05) is 19.6 Å². The van der Waals surface area contributed by atoms with E-state index >= 15 is 0 Å². The highest BCUT2D eigenvalue weighted by atomic mass is 16.2. The molecule has 2 fully saturated rings. The summed E-state index contributed by atoms with van der Waals surface area (Å²) in [5.41, 5.74) is 2.78. The first-order chi connectivity index (χ1) is 16.0. The molecule has 3 heterocycles. The molecule has 2 unspecified atom stereocenters. The second-order valence-corrected chi connectivity index (χ2v) is 9.20. The van der Waals surface area contributed by atoms with Crippen molar-refractivity contribution in [3.05, 3.63) is 65.5 Å². The Bertz CT molecular complexity index is 1250. The van der Waals surface area contributed by atoms with Crippen LogP contribution in [0.5, 0.6) is 0 Å². The molecule has 2 atom stereocenters. The van der Waals surface area contributed by atoms with Crippen LogP contribution in [0.2, 0.25) is 0 Å². The van der Waals surface area contributed by atoms with Crippen LogP contribution in [0.25, 0.3) is 11.0 Å². The van der Waals surface area contributed by atoms with E-state index in [1.165, 1.54) is 0 Å². The number of imide groups is 1. The Morgan fingerprint density at radius 2 is 1.94 bits per heavy atom. The van der Waals surface area contributed by atoms with Crippen molar-refractivity contribution in [1.82, 2.24) is 25.1 Å². The molecule has 2 saturated heterocycles. The summed E-state index contributed by atoms with van der Waals surface area (Å²) in [5, 5.41) is 2.89. The van der Waals surface area contributed by atoms with Gasteiger partial charge in [-0.15, -0.1) is 0 Å². The van der Waals surface area contributed by atoms with Crippen molar-refractivity contribution >= 4 is 28.9 Å². The highest BCUT2D eigenvalue weighted by molar-refractivity contribution is 6.09. The van der Waals surface area contributed by atoms with Gasteiger partial charge in [0.15, 0.2) is 0 Å². The molecule has 2 aromatic carbocycles. The number of amides is 4. The number of fused-ring (bicyclic) bond motifs is 3. The lowest BCUT2D eigenvalue weighted by Gasteiger charge is -2.32. The maximum Gasteiger partial charge on any atom is 0.325 e. The Labute approximate surface area is 191 Å². The standard InChI is InChI=1S/C25H25N5O3/c31-21(29-13-5-7-17(14-29)22-26-19-9-3-4-10-20(19)27-22)15-30-23(32)25(28-24(30)33)12-11-16-6-1-2-8-18(16)25/h1-4,6,8-10,17H,5,7,11-15H2,(H,26,27)(H,28,33). The predicted molar refractivity (Wildman–Crippen MR) is 121 cm³/mol. The van der Waals surface area contributed by atoms with Gasteiger partial charge in [0.05, 0.1) is 11.0 Å². The minimum atomic E-state index is -1.04. The van der Waals surface area contributed by atoms with Crippen LogP contribution >= 0.6 is 0 Å². The number of benzene rings is 2. The molecule has 8 nitrogen and oxygen atoms in total. The molecule has 2 aliphatic heterocycles. The molecule has 0 radical (unpaired) electrons. The van der Waals surface area contributed by atoms with Crippen molar-refractivity contribution in [1.29, 1.82) is 0 Å². The van der Waals surface area contributed by atoms with Gasteiger partial charge in [-0.2, -0.15) is 0 Å². The molecule has 2 N–H and O–H groups in total. The number of rotatable bonds is 3. The average molecular weight is 444 g/mol. The number of aromatic amines is 1. The third kappa shape index (κ3) is 3.12. The molecule has 4 amide bonds. The number of aryl methyl sites for hydroxylation is 1. The largest absolute Gasteiger partial charge is 0.342 e. The first-order valence-electron chi connectivity index (χ1n) is 11.5. The maximum atomic E-state index is 13.4. The molecule has 0 bridgehead atoms. The number of carbonyl (C=O) groups excluding carboxylic acids is 3. The summed E-state index contributed by atoms with van der Waals surface area (Å²) >= 11 is 0. The Balaban J connectivity index is 1.18. The number of nitrogens with zero attached hydrogens (tertiary/aromatic N) is 3. The zero-order valence-corrected chi connectivity index (χ0v) is 18.2. The Morgan fingerprint density at radius 1 is 1.12 bits per heavy atom. The Morgan fingerprint density at radius 3 is 2.82 bits per heavy atom. The van der Waals surface area contributed by atoms with Crippen LogP contribution in [0.1, 0.15) is 42.1 Å². The van der Waals surface area contributed by atoms with Gasteiger partial charge in [0.25, 0.3) is 5.91 Å². The van der Waals surface area contributed by atoms with Crippen molar-refractivity contribution in [2.24, 2.45) is 0 Å². The number of H-pyrrole nitrogens is 1. The lowest BCUT2D eigenvalue weighted by molar-refractivity contribution is -0.139. The van der Waals surface area contributed by atoms with Crippen LogP contribution in [0.4, 0.5) is 4.79 Å². The number of carbonyl (C=O) groups is 3. The zero-order valence-electron chi connectivity index (χ0n) is 18.2. The average Bonchev–Trinajstić information content (AvgIpc) is 3.50. The number of hydrogen-bond donors (Lipinski definition) is 2. The smallest absolute Gasteiger partial charge is 0.325 e. The van der Waals surface area contributed by atoms with Gasteiger partial charge >= 0.3 is 6.03 Å². The van der Waals surface area contributed by atoms with Crippen molar-refractivity contribution < 1.29 is 14.4 Å². The van der Waals surface area contributed by atoms with Crippen LogP contribution in [-0.2, 0) is 21.5 Å². The summed E-state index contributed by atoms with van der Waals surface area (Å²) in [4.78, 5) is 50.2. The van der Waals surface area contributed by atoms with Crippen LogP contribution in [0, 0.1) is 0 Å². The number of piperidine rings is 1. The molecule has 1 spiro atoms. The summed E-state index contributed by atoms with van der Waals surface area (Å²) in [7, 11) is 0. The topological polar surface area (TPSA) is 98.4 Å². The number of likely N-dealkylation sites (tertiary alicyclic amines) is 1. The van der Waals surface area contributed by atoms with E-state index < -0.39 is 11.6 Å². The third-order valence-electron chi connectivity index (χ3n) is 7.28. The minimum Gasteiger partial charge on any atom is -0.342 e. The van der Waals surface area contributed by atoms with E-state index in [0.717, 1.165) is 52.1 Å². The number of imidazole rings is 1. The normalized spacial score (nSPS) is 24.5. The van der Waals surface area contributed by atoms with Gasteiger partial charge < -0.3 is 15.2 Å². The van der Waals surface area contributed by atoms with Gasteiger partial charge in [-0.3, -0.25) is 14.5 Å². The van der Waals surface area contributed by atoms with Crippen LogP contribution in [0.15, 0.2) is 48.5 Å². The summed E-state index contributed by atoms with van der Waals surface area (Å²) in [6.45, 7) is 0.908. The van der Waals surface area contributed by atoms with Gasteiger partial charge in [-0.05, 0) is 48.9 Å². The Kier molecular flexibility index (Phi) is 4.50. The monoisotopic (exact) mass is 443 g/mol. The number of urea groups is 1. The SMILES string of the molecule is O=C(CN1C(=O)NC2(CCc3ccccc32)C1=O)N1CCCC(c2nc3ccccc3[nH]2)C1. The van der Waals surface area contributed by atoms with Gasteiger partial charge in [0.1, 0.15) is 17.9 Å². The fraction of sp³-hybridized carbons (Fsp3) is 0.360. The lowest BCUT2D eigenvalue weighted by Crippen LogP contribution is -2.47. The van der Waals surface area contributed by atoms with E-state index in [9.17, 15) is 14.4 Å². The molecule has 1 aliphatic carbocycles. The molecule has 33 heavy (non-hydrogen) atoms. The van der Waals surface area contributed by atoms with Gasteiger partial charge in [-0.1, -0.05) is 36.4 Å². The van der Waals surface area contributed by atoms with E-state index in [0.29, 0.717) is 19.5 Å². The fourth-order valence-corrected chi connectivity index (χ4v) is 5.56. The van der Waals surface area contributed by atoms with Crippen LogP contribution < -0.4 is 5.32 Å². The van der Waals surface area contributed by atoms with Crippen molar-refractivity contribution in [3.8, 4) is 0 Å². The number of aromatic nitrogens is 2. The van der Waals surface area contributed by atoms with Crippen LogP contribution in [-0.4, -0.2) is 57.2 Å². The summed E-state index contributed by atoms with van der Waals surface area (Å²) in [6.07, 6.45) is 3.05. The predicted octanol–water partition coefficient (Wildman–Crippen LogP) is 2.66. The van der Waals surface area contributed by atoms with E-state index in [1.54, 1.807) is 4.90 Å². The Hall–Kier alpha value is -3.68. The first kappa shape index (κ1) is 20.0. The summed E-state index contributed by atoms with van der Waals surface area (Å²) in [6, 6.07) is 15.1. The minimum absolute atomic E-state index is 0.103. The fourth-order valence-electron chi connectivity index (χ4n) is 5.56. The molecule has 1 aromatic heterocycles. The first-order valence-corrected chi connectivity index (χ1v) is 11.5. The third-order valence-corrected chi connectivity index (χ3v) is 7.28. The van der Waals surface area contributed by atoms with Crippen molar-refractivity contribution in [3.63, 3.8) is 0 Å². The number of para-hydroxylation sites is 2. The van der Waals surface area contributed by atoms with Gasteiger partial charge in [0.2, 0.25) is 5.91 Å². The zero-order chi connectivity index (χ0) is 22.6. The van der Waals surface area contributed by atoms with Gasteiger partial charge in [-0.25, -0.2) is 9.78 Å². The second-order valence-electron chi connectivity index (χ2n) is 9.20. The highest BCUT2D eigenvalue weighted by Crippen LogP contribution is 2.41. The highest BCUT2D eigenvalue weighted by Gasteiger charge is 2.55. The van der Waals surface area contributed by atoms with E-state index in [2.05, 4.69) is 10.3 Å². The molecular formula is C25H25N5O3. The van der Waals surface area contributed by atoms with E-state index in [-0.39, 0.29) is 24.3 Å². The molecule has 3 aromatic rings. The summed E-state index contributed by atoms with van der Waals surface area (Å²) in [5.74, 6) is 0.454. The summed E-state index contributed by atoms with van der Waals surface area (Å²) < 4.78 is 0. The quantitative estimate of drug-likeness (QED) is 0.608. The lowest BCUT2D eigenvalue weighted by atomic mass is 9.92. The van der Waals surface area contributed by atoms with Crippen LogP contribution in [0.3, 0.4) is 0 Å². The van der Waals surface area contributed by atoms with Gasteiger partial charge in [0, 0.05) is 19.0 Å². The molecule has 0 saturated carbocycles. The molecule has 3 aliphatic rings. The molecule has 168 valence electrons. The second kappa shape index (κ2) is 7.43. The molecular weight excluding hydrogens is 418 g/mol.